The first-order chi connectivity index (χ1) is 11.3. The minimum absolute atomic E-state index is 0.0716. The van der Waals surface area contributed by atoms with Crippen LogP contribution in [0, 0.1) is 19.3 Å². The maximum atomic E-state index is 12.2. The third-order valence-electron chi connectivity index (χ3n) is 4.97. The highest BCUT2D eigenvalue weighted by Crippen LogP contribution is 2.26. The number of carbonyl (C=O) groups excluding carboxylic acids is 1. The van der Waals surface area contributed by atoms with E-state index in [0.29, 0.717) is 25.8 Å². The summed E-state index contributed by atoms with van der Waals surface area (Å²) in [6, 6.07) is 5.73. The van der Waals surface area contributed by atoms with Gasteiger partial charge in [-0.25, -0.2) is 0 Å². The first-order valence-corrected chi connectivity index (χ1v) is 8.58. The molecule has 1 rings (SSSR count). The topological polar surface area (TPSA) is 78.4 Å². The Morgan fingerprint density at radius 3 is 2.38 bits per heavy atom. The number of carboxylic acids is 1. The number of nitrogens with one attached hydrogen (secondary N) is 2. The van der Waals surface area contributed by atoms with Crippen molar-refractivity contribution >= 4 is 17.6 Å². The Morgan fingerprint density at radius 2 is 1.83 bits per heavy atom. The van der Waals surface area contributed by atoms with Crippen molar-refractivity contribution in [2.24, 2.45) is 5.41 Å². The maximum Gasteiger partial charge on any atom is 0.310 e. The zero-order valence-electron chi connectivity index (χ0n) is 15.4. The Balaban J connectivity index is 2.58. The van der Waals surface area contributed by atoms with Crippen molar-refractivity contribution in [2.75, 3.05) is 11.9 Å². The SMILES string of the molecule is CCC(CC)(CNC(C)CC(=O)Nc1cccc(C)c1C)C(=O)O. The van der Waals surface area contributed by atoms with Crippen molar-refractivity contribution in [1.82, 2.24) is 5.32 Å². The second-order valence-corrected chi connectivity index (χ2v) is 6.57. The summed E-state index contributed by atoms with van der Waals surface area (Å²) >= 11 is 0. The van der Waals surface area contributed by atoms with Crippen molar-refractivity contribution in [3.05, 3.63) is 29.3 Å². The number of amides is 1. The van der Waals surface area contributed by atoms with Gasteiger partial charge >= 0.3 is 5.97 Å². The Bertz CT molecular complexity index is 580. The highest BCUT2D eigenvalue weighted by atomic mass is 16.4. The summed E-state index contributed by atoms with van der Waals surface area (Å²) in [5.41, 5.74) is 2.26. The van der Waals surface area contributed by atoms with Crippen molar-refractivity contribution < 1.29 is 14.7 Å². The molecule has 0 saturated carbocycles. The number of hydrogen-bond donors (Lipinski definition) is 3. The largest absolute Gasteiger partial charge is 0.481 e. The molecule has 5 heteroatoms. The molecule has 0 aliphatic carbocycles. The van der Waals surface area contributed by atoms with Gasteiger partial charge in [0, 0.05) is 24.7 Å². The molecular weight excluding hydrogens is 304 g/mol. The molecular formula is C19H30N2O3. The number of rotatable bonds is 9. The van der Waals surface area contributed by atoms with Crippen LogP contribution < -0.4 is 10.6 Å². The standard InChI is InChI=1S/C19H30N2O3/c1-6-19(7-2,18(23)24)12-20-14(4)11-17(22)21-16-10-8-9-13(3)15(16)5/h8-10,14,20H,6-7,11-12H2,1-5H3,(H,21,22)(H,23,24). The van der Waals surface area contributed by atoms with Gasteiger partial charge in [0.25, 0.3) is 0 Å². The van der Waals surface area contributed by atoms with Crippen LogP contribution in [0.3, 0.4) is 0 Å². The van der Waals surface area contributed by atoms with Gasteiger partial charge in [-0.15, -0.1) is 0 Å². The Morgan fingerprint density at radius 1 is 1.21 bits per heavy atom. The van der Waals surface area contributed by atoms with E-state index in [-0.39, 0.29) is 11.9 Å². The van der Waals surface area contributed by atoms with Crippen molar-refractivity contribution in [3.8, 4) is 0 Å². The van der Waals surface area contributed by atoms with Gasteiger partial charge < -0.3 is 15.7 Å². The van der Waals surface area contributed by atoms with Gasteiger partial charge in [0.05, 0.1) is 5.41 Å². The number of anilines is 1. The van der Waals surface area contributed by atoms with E-state index >= 15 is 0 Å². The van der Waals surface area contributed by atoms with Crippen LogP contribution >= 0.6 is 0 Å². The molecule has 24 heavy (non-hydrogen) atoms. The van der Waals surface area contributed by atoms with E-state index in [4.69, 9.17) is 0 Å². The van der Waals surface area contributed by atoms with E-state index in [9.17, 15) is 14.7 Å². The van der Waals surface area contributed by atoms with Gasteiger partial charge in [0.1, 0.15) is 0 Å². The first kappa shape index (κ1) is 20.2. The number of carboxylic acid groups (broad SMARTS) is 1. The van der Waals surface area contributed by atoms with Crippen LogP contribution in [0.5, 0.6) is 0 Å². The summed E-state index contributed by atoms with van der Waals surface area (Å²) < 4.78 is 0. The molecule has 0 aliphatic heterocycles. The molecule has 0 radical (unpaired) electrons. The van der Waals surface area contributed by atoms with Gasteiger partial charge in [0.15, 0.2) is 0 Å². The smallest absolute Gasteiger partial charge is 0.310 e. The van der Waals surface area contributed by atoms with Crippen molar-refractivity contribution in [1.29, 1.82) is 0 Å². The molecule has 1 aromatic carbocycles. The van der Waals surface area contributed by atoms with Gasteiger partial charge in [-0.05, 0) is 50.8 Å². The fourth-order valence-corrected chi connectivity index (χ4v) is 2.69. The zero-order chi connectivity index (χ0) is 18.3. The van der Waals surface area contributed by atoms with E-state index in [1.54, 1.807) is 0 Å². The van der Waals surface area contributed by atoms with E-state index in [2.05, 4.69) is 10.6 Å². The fraction of sp³-hybridized carbons (Fsp3) is 0.579. The Labute approximate surface area is 144 Å². The number of aryl methyl sites for hydroxylation is 1. The second kappa shape index (κ2) is 8.83. The Kier molecular flexibility index (Phi) is 7.42. The van der Waals surface area contributed by atoms with Crippen molar-refractivity contribution in [3.63, 3.8) is 0 Å². The first-order valence-electron chi connectivity index (χ1n) is 8.58. The molecule has 0 aromatic heterocycles. The average molecular weight is 334 g/mol. The van der Waals surface area contributed by atoms with Gasteiger partial charge in [-0.2, -0.15) is 0 Å². The predicted molar refractivity (Wildman–Crippen MR) is 97.3 cm³/mol. The molecule has 3 N–H and O–H groups in total. The molecule has 1 unspecified atom stereocenters. The third-order valence-corrected chi connectivity index (χ3v) is 4.97. The lowest BCUT2D eigenvalue weighted by Crippen LogP contribution is -2.44. The van der Waals surface area contributed by atoms with Crippen LogP contribution in [-0.2, 0) is 9.59 Å². The summed E-state index contributed by atoms with van der Waals surface area (Å²) in [6.07, 6.45) is 1.43. The number of carbonyl (C=O) groups is 2. The summed E-state index contributed by atoms with van der Waals surface area (Å²) in [5, 5.41) is 15.6. The normalized spacial score (nSPS) is 12.7. The van der Waals surface area contributed by atoms with Gasteiger partial charge in [-0.1, -0.05) is 26.0 Å². The second-order valence-electron chi connectivity index (χ2n) is 6.57. The van der Waals surface area contributed by atoms with E-state index in [1.165, 1.54) is 0 Å². The van der Waals surface area contributed by atoms with E-state index in [1.807, 2.05) is 52.8 Å². The summed E-state index contributed by atoms with van der Waals surface area (Å²) in [7, 11) is 0. The molecule has 0 saturated heterocycles. The zero-order valence-corrected chi connectivity index (χ0v) is 15.4. The maximum absolute atomic E-state index is 12.2. The van der Waals surface area contributed by atoms with E-state index < -0.39 is 11.4 Å². The fourth-order valence-electron chi connectivity index (χ4n) is 2.69. The number of benzene rings is 1. The lowest BCUT2D eigenvalue weighted by Gasteiger charge is -2.28. The van der Waals surface area contributed by atoms with Crippen LogP contribution in [0.2, 0.25) is 0 Å². The molecule has 5 nitrogen and oxygen atoms in total. The third kappa shape index (κ3) is 5.06. The highest BCUT2D eigenvalue weighted by molar-refractivity contribution is 5.92. The number of hydrogen-bond acceptors (Lipinski definition) is 3. The molecule has 1 aromatic rings. The predicted octanol–water partition coefficient (Wildman–Crippen LogP) is 3.50. The van der Waals surface area contributed by atoms with E-state index in [0.717, 1.165) is 16.8 Å². The minimum Gasteiger partial charge on any atom is -0.481 e. The number of aliphatic carboxylic acids is 1. The quantitative estimate of drug-likeness (QED) is 0.646. The minimum atomic E-state index is -0.785. The van der Waals surface area contributed by atoms with Gasteiger partial charge in [0.2, 0.25) is 5.91 Å². The van der Waals surface area contributed by atoms with Crippen LogP contribution in [0.1, 0.15) is 51.2 Å². The molecule has 0 aliphatic rings. The Hall–Kier alpha value is -1.88. The summed E-state index contributed by atoms with van der Waals surface area (Å²) in [6.45, 7) is 10.0. The van der Waals surface area contributed by atoms with Crippen LogP contribution in [0.25, 0.3) is 0 Å². The molecule has 1 amide bonds. The molecule has 1 atom stereocenters. The summed E-state index contributed by atoms with van der Waals surface area (Å²) in [5.74, 6) is -0.857. The highest BCUT2D eigenvalue weighted by Gasteiger charge is 2.34. The lowest BCUT2D eigenvalue weighted by molar-refractivity contribution is -0.149. The average Bonchev–Trinajstić information content (AvgIpc) is 2.53. The van der Waals surface area contributed by atoms with Crippen molar-refractivity contribution in [2.45, 2.75) is 59.9 Å². The molecule has 0 fully saturated rings. The molecule has 0 heterocycles. The van der Waals surface area contributed by atoms with Crippen LogP contribution in [0.4, 0.5) is 5.69 Å². The molecule has 134 valence electrons. The van der Waals surface area contributed by atoms with Gasteiger partial charge in [-0.3, -0.25) is 9.59 Å². The summed E-state index contributed by atoms with van der Waals surface area (Å²) in [4.78, 5) is 23.7. The lowest BCUT2D eigenvalue weighted by atomic mass is 9.82. The molecule has 0 bridgehead atoms. The molecule has 0 spiro atoms. The van der Waals surface area contributed by atoms with Crippen LogP contribution in [0.15, 0.2) is 18.2 Å². The monoisotopic (exact) mass is 334 g/mol. The van der Waals surface area contributed by atoms with Crippen LogP contribution in [-0.4, -0.2) is 29.6 Å².